The molecule has 110 valence electrons. The molecule has 0 bridgehead atoms. The van der Waals surface area contributed by atoms with Crippen LogP contribution in [0.2, 0.25) is 0 Å². The Labute approximate surface area is 115 Å². The minimum Gasteiger partial charge on any atom is -0.465 e. The van der Waals surface area contributed by atoms with Gasteiger partial charge in [0.2, 0.25) is 5.91 Å². The maximum Gasteiger partial charge on any atom is 0.323 e. The lowest BCUT2D eigenvalue weighted by Crippen LogP contribution is -2.46. The highest BCUT2D eigenvalue weighted by molar-refractivity contribution is 5.76. The van der Waals surface area contributed by atoms with Crippen LogP contribution in [0.15, 0.2) is 0 Å². The zero-order valence-corrected chi connectivity index (χ0v) is 12.1. The van der Waals surface area contributed by atoms with Crippen LogP contribution in [0.1, 0.15) is 46.0 Å². The quantitative estimate of drug-likeness (QED) is 0.708. The molecule has 5 heteroatoms. The van der Waals surface area contributed by atoms with Gasteiger partial charge in [0.1, 0.15) is 6.04 Å². The minimum atomic E-state index is -0.228. The number of hydrogen-bond donors (Lipinski definition) is 1. The highest BCUT2D eigenvalue weighted by atomic mass is 16.5. The number of likely N-dealkylation sites (tertiary alicyclic amines) is 1. The second-order valence-electron chi connectivity index (χ2n) is 5.21. The third-order valence-electron chi connectivity index (χ3n) is 3.70. The van der Waals surface area contributed by atoms with E-state index in [1.165, 1.54) is 0 Å². The predicted octanol–water partition coefficient (Wildman–Crippen LogP) is 1.31. The fourth-order valence-corrected chi connectivity index (χ4v) is 2.71. The standard InChI is InChI=1S/C14H26N2O3/c1-3-5-12(14(18)19-4-2)16-8-6-11(7-9-16)10-13(15)17/h11-12H,3-10H2,1-2H3,(H2,15,17). The predicted molar refractivity (Wildman–Crippen MR) is 73.4 cm³/mol. The van der Waals surface area contributed by atoms with Crippen LogP contribution in [-0.2, 0) is 14.3 Å². The molecule has 5 nitrogen and oxygen atoms in total. The van der Waals surface area contributed by atoms with Crippen LogP contribution in [0.3, 0.4) is 0 Å². The van der Waals surface area contributed by atoms with E-state index in [-0.39, 0.29) is 17.9 Å². The van der Waals surface area contributed by atoms with Gasteiger partial charge >= 0.3 is 5.97 Å². The zero-order valence-electron chi connectivity index (χ0n) is 12.1. The van der Waals surface area contributed by atoms with Crippen LogP contribution in [0, 0.1) is 5.92 Å². The van der Waals surface area contributed by atoms with Crippen LogP contribution in [0.4, 0.5) is 0 Å². The summed E-state index contributed by atoms with van der Waals surface area (Å²) >= 11 is 0. The Morgan fingerprint density at radius 2 is 1.95 bits per heavy atom. The lowest BCUT2D eigenvalue weighted by molar-refractivity contribution is -0.150. The van der Waals surface area contributed by atoms with Gasteiger partial charge in [-0.25, -0.2) is 0 Å². The summed E-state index contributed by atoms with van der Waals surface area (Å²) in [6.45, 7) is 6.03. The normalized spacial score (nSPS) is 19.1. The van der Waals surface area contributed by atoms with E-state index in [4.69, 9.17) is 10.5 Å². The average Bonchev–Trinajstić information content (AvgIpc) is 2.36. The van der Waals surface area contributed by atoms with Crippen LogP contribution in [0.25, 0.3) is 0 Å². The molecule has 1 amide bonds. The topological polar surface area (TPSA) is 72.6 Å². The summed E-state index contributed by atoms with van der Waals surface area (Å²) in [4.78, 5) is 25.1. The highest BCUT2D eigenvalue weighted by Crippen LogP contribution is 2.23. The number of primary amides is 1. The molecule has 0 saturated carbocycles. The van der Waals surface area contributed by atoms with Crippen molar-refractivity contribution >= 4 is 11.9 Å². The van der Waals surface area contributed by atoms with Gasteiger partial charge in [0.15, 0.2) is 0 Å². The summed E-state index contributed by atoms with van der Waals surface area (Å²) < 4.78 is 5.15. The molecule has 1 heterocycles. The number of piperidine rings is 1. The van der Waals surface area contributed by atoms with Crippen LogP contribution in [-0.4, -0.2) is 42.5 Å². The van der Waals surface area contributed by atoms with E-state index in [1.54, 1.807) is 0 Å². The first kappa shape index (κ1) is 16.0. The third kappa shape index (κ3) is 5.19. The minimum absolute atomic E-state index is 0.113. The van der Waals surface area contributed by atoms with E-state index in [0.29, 0.717) is 18.9 Å². The van der Waals surface area contributed by atoms with Gasteiger partial charge in [0, 0.05) is 6.42 Å². The second kappa shape index (κ2) is 8.15. The van der Waals surface area contributed by atoms with E-state index in [9.17, 15) is 9.59 Å². The summed E-state index contributed by atoms with van der Waals surface area (Å²) in [6.07, 6.45) is 4.13. The van der Waals surface area contributed by atoms with Crippen molar-refractivity contribution in [2.24, 2.45) is 11.7 Å². The van der Waals surface area contributed by atoms with Crippen LogP contribution in [0.5, 0.6) is 0 Å². The van der Waals surface area contributed by atoms with E-state index >= 15 is 0 Å². The summed E-state index contributed by atoms with van der Waals surface area (Å²) in [6, 6.07) is -0.125. The number of rotatable bonds is 7. The fourth-order valence-electron chi connectivity index (χ4n) is 2.71. The molecule has 0 aromatic heterocycles. The van der Waals surface area contributed by atoms with E-state index in [1.807, 2.05) is 6.92 Å². The van der Waals surface area contributed by atoms with Crippen molar-refractivity contribution in [3.8, 4) is 0 Å². The Hall–Kier alpha value is -1.10. The second-order valence-corrected chi connectivity index (χ2v) is 5.21. The van der Waals surface area contributed by atoms with E-state index in [0.717, 1.165) is 38.8 Å². The summed E-state index contributed by atoms with van der Waals surface area (Å²) in [5, 5.41) is 0. The average molecular weight is 270 g/mol. The number of ether oxygens (including phenoxy) is 1. The lowest BCUT2D eigenvalue weighted by atomic mass is 9.92. The number of carbonyl (C=O) groups excluding carboxylic acids is 2. The van der Waals surface area contributed by atoms with Crippen LogP contribution < -0.4 is 5.73 Å². The van der Waals surface area contributed by atoms with Gasteiger partial charge in [-0.3, -0.25) is 14.5 Å². The number of amides is 1. The first-order valence-electron chi connectivity index (χ1n) is 7.27. The van der Waals surface area contributed by atoms with Gasteiger partial charge in [-0.1, -0.05) is 13.3 Å². The van der Waals surface area contributed by atoms with Gasteiger partial charge in [-0.15, -0.1) is 0 Å². The van der Waals surface area contributed by atoms with Crippen molar-refractivity contribution in [3.63, 3.8) is 0 Å². The Morgan fingerprint density at radius 3 is 2.42 bits per heavy atom. The molecular formula is C14H26N2O3. The number of nitrogens with zero attached hydrogens (tertiary/aromatic N) is 1. The van der Waals surface area contributed by atoms with Gasteiger partial charge in [0.25, 0.3) is 0 Å². The molecule has 0 aromatic carbocycles. The van der Waals surface area contributed by atoms with E-state index < -0.39 is 0 Å². The Morgan fingerprint density at radius 1 is 1.32 bits per heavy atom. The molecule has 1 saturated heterocycles. The molecule has 0 radical (unpaired) electrons. The number of nitrogens with two attached hydrogens (primary N) is 1. The molecule has 1 aliphatic heterocycles. The van der Waals surface area contributed by atoms with Gasteiger partial charge in [-0.2, -0.15) is 0 Å². The molecule has 0 aromatic rings. The molecule has 0 aliphatic carbocycles. The molecule has 0 spiro atoms. The summed E-state index contributed by atoms with van der Waals surface area (Å²) in [5.41, 5.74) is 5.23. The first-order valence-corrected chi connectivity index (χ1v) is 7.27. The largest absolute Gasteiger partial charge is 0.465 e. The van der Waals surface area contributed by atoms with Crippen molar-refractivity contribution < 1.29 is 14.3 Å². The van der Waals surface area contributed by atoms with Crippen LogP contribution >= 0.6 is 0 Å². The Balaban J connectivity index is 2.49. The number of hydrogen-bond acceptors (Lipinski definition) is 4. The molecule has 2 N–H and O–H groups in total. The van der Waals surface area contributed by atoms with E-state index in [2.05, 4.69) is 11.8 Å². The maximum atomic E-state index is 12.0. The number of carbonyl (C=O) groups is 2. The van der Waals surface area contributed by atoms with Crippen molar-refractivity contribution in [2.75, 3.05) is 19.7 Å². The number of esters is 1. The zero-order chi connectivity index (χ0) is 14.3. The molecule has 1 unspecified atom stereocenters. The summed E-state index contributed by atoms with van der Waals surface area (Å²) in [7, 11) is 0. The molecule has 1 fully saturated rings. The maximum absolute atomic E-state index is 12.0. The van der Waals surface area contributed by atoms with Gasteiger partial charge in [-0.05, 0) is 45.2 Å². The van der Waals surface area contributed by atoms with Crippen molar-refractivity contribution in [1.29, 1.82) is 0 Å². The van der Waals surface area contributed by atoms with Gasteiger partial charge in [0.05, 0.1) is 6.61 Å². The fraction of sp³-hybridized carbons (Fsp3) is 0.857. The lowest BCUT2D eigenvalue weighted by Gasteiger charge is -2.36. The monoisotopic (exact) mass is 270 g/mol. The van der Waals surface area contributed by atoms with Crippen molar-refractivity contribution in [1.82, 2.24) is 4.90 Å². The third-order valence-corrected chi connectivity index (χ3v) is 3.70. The highest BCUT2D eigenvalue weighted by Gasteiger charge is 2.30. The van der Waals surface area contributed by atoms with Gasteiger partial charge < -0.3 is 10.5 Å². The van der Waals surface area contributed by atoms with Crippen molar-refractivity contribution in [2.45, 2.75) is 52.0 Å². The SMILES string of the molecule is CCCC(C(=O)OCC)N1CCC(CC(N)=O)CC1. The smallest absolute Gasteiger partial charge is 0.323 e. The Bertz CT molecular complexity index is 299. The summed E-state index contributed by atoms with van der Waals surface area (Å²) in [5.74, 6) is 0.0323. The molecule has 1 atom stereocenters. The van der Waals surface area contributed by atoms with Crippen molar-refractivity contribution in [3.05, 3.63) is 0 Å². The molecule has 19 heavy (non-hydrogen) atoms. The molecular weight excluding hydrogens is 244 g/mol. The molecule has 1 aliphatic rings. The molecule has 1 rings (SSSR count). The Kier molecular flexibility index (Phi) is 6.84. The first-order chi connectivity index (χ1) is 9.08.